The van der Waals surface area contributed by atoms with Crippen molar-refractivity contribution in [2.45, 2.75) is 84.0 Å². The number of carbonyl (C=O) groups excluding carboxylic acids is 1. The van der Waals surface area contributed by atoms with Crippen LogP contribution in [0.4, 0.5) is 0 Å². The van der Waals surface area contributed by atoms with Crippen LogP contribution in [0.3, 0.4) is 0 Å². The van der Waals surface area contributed by atoms with Gasteiger partial charge in [0.25, 0.3) is 0 Å². The number of fused-ring (bicyclic) bond motifs is 2. The van der Waals surface area contributed by atoms with Gasteiger partial charge in [0.05, 0.1) is 0 Å². The Morgan fingerprint density at radius 2 is 1.67 bits per heavy atom. The summed E-state index contributed by atoms with van der Waals surface area (Å²) in [6, 6.07) is 0. The third-order valence-corrected chi connectivity index (χ3v) is 5.18. The van der Waals surface area contributed by atoms with Crippen molar-refractivity contribution in [2.24, 2.45) is 17.8 Å². The van der Waals surface area contributed by atoms with Gasteiger partial charge in [-0.15, -0.1) is 0 Å². The molecule has 1 nitrogen and oxygen atoms in total. The van der Waals surface area contributed by atoms with Gasteiger partial charge in [-0.3, -0.25) is 4.79 Å². The molecule has 2 aliphatic rings. The molecule has 0 aliphatic heterocycles. The van der Waals surface area contributed by atoms with Crippen molar-refractivity contribution in [3.63, 3.8) is 0 Å². The van der Waals surface area contributed by atoms with E-state index in [1.807, 2.05) is 0 Å². The summed E-state index contributed by atoms with van der Waals surface area (Å²) in [4.78, 5) is 12.2. The van der Waals surface area contributed by atoms with Gasteiger partial charge >= 0.3 is 0 Å². The smallest absolute Gasteiger partial charge is 0.136 e. The van der Waals surface area contributed by atoms with Crippen LogP contribution >= 0.6 is 0 Å². The van der Waals surface area contributed by atoms with Gasteiger partial charge in [-0.25, -0.2) is 0 Å². The molecule has 0 aromatic rings. The summed E-state index contributed by atoms with van der Waals surface area (Å²) in [7, 11) is 0. The zero-order valence-corrected chi connectivity index (χ0v) is 12.1. The monoisotopic (exact) mass is 250 g/mol. The first-order valence-corrected chi connectivity index (χ1v) is 8.34. The summed E-state index contributed by atoms with van der Waals surface area (Å²) in [6.45, 7) is 2.26. The lowest BCUT2D eigenvalue weighted by atomic mass is 9.84. The Bertz CT molecular complexity index is 258. The van der Waals surface area contributed by atoms with E-state index in [9.17, 15) is 4.79 Å². The van der Waals surface area contributed by atoms with Crippen LogP contribution in [0.15, 0.2) is 0 Å². The van der Waals surface area contributed by atoms with Gasteiger partial charge in [-0.05, 0) is 37.5 Å². The lowest BCUT2D eigenvalue weighted by Gasteiger charge is -2.20. The molecule has 0 aromatic carbocycles. The van der Waals surface area contributed by atoms with Crippen molar-refractivity contribution >= 4 is 5.78 Å². The highest BCUT2D eigenvalue weighted by Crippen LogP contribution is 2.48. The second-order valence-electron chi connectivity index (χ2n) is 6.62. The van der Waals surface area contributed by atoms with E-state index in [2.05, 4.69) is 6.92 Å². The standard InChI is InChI=1S/C17H30O/c1-2-3-4-5-6-7-8-9-17(18)16-13-14-10-11-15(16)12-14/h14-16H,2-13H2,1H3. The number of unbranched alkanes of at least 4 members (excludes halogenated alkanes) is 6. The van der Waals surface area contributed by atoms with E-state index >= 15 is 0 Å². The van der Waals surface area contributed by atoms with Crippen LogP contribution in [0.1, 0.15) is 84.0 Å². The molecule has 18 heavy (non-hydrogen) atoms. The molecular weight excluding hydrogens is 220 g/mol. The van der Waals surface area contributed by atoms with Gasteiger partial charge < -0.3 is 0 Å². The average molecular weight is 250 g/mol. The zero-order valence-electron chi connectivity index (χ0n) is 12.1. The quantitative estimate of drug-likeness (QED) is 0.518. The lowest BCUT2D eigenvalue weighted by molar-refractivity contribution is -0.124. The summed E-state index contributed by atoms with van der Waals surface area (Å²) >= 11 is 0. The van der Waals surface area contributed by atoms with E-state index in [0.717, 1.165) is 24.7 Å². The van der Waals surface area contributed by atoms with E-state index in [1.165, 1.54) is 64.2 Å². The second-order valence-corrected chi connectivity index (χ2v) is 6.62. The minimum atomic E-state index is 0.476. The molecule has 2 aliphatic carbocycles. The Hall–Kier alpha value is -0.330. The molecule has 0 N–H and O–H groups in total. The van der Waals surface area contributed by atoms with Crippen LogP contribution in [-0.2, 0) is 4.79 Å². The number of ketones is 1. The minimum absolute atomic E-state index is 0.476. The Morgan fingerprint density at radius 1 is 0.944 bits per heavy atom. The molecule has 3 unspecified atom stereocenters. The molecule has 2 fully saturated rings. The molecule has 3 atom stereocenters. The minimum Gasteiger partial charge on any atom is -0.299 e. The molecular formula is C17H30O. The predicted octanol–water partition coefficient (Wildman–Crippen LogP) is 5.13. The molecule has 2 saturated carbocycles. The highest BCUT2D eigenvalue weighted by molar-refractivity contribution is 5.81. The predicted molar refractivity (Wildman–Crippen MR) is 76.6 cm³/mol. The Labute approximate surface area is 113 Å². The molecule has 1 heteroatoms. The molecule has 0 radical (unpaired) electrons. The van der Waals surface area contributed by atoms with Gasteiger partial charge in [0.2, 0.25) is 0 Å². The average Bonchev–Trinajstić information content (AvgIpc) is 2.99. The van der Waals surface area contributed by atoms with E-state index < -0.39 is 0 Å². The first kappa shape index (κ1) is 14.1. The topological polar surface area (TPSA) is 17.1 Å². The summed E-state index contributed by atoms with van der Waals surface area (Å²) in [6.07, 6.45) is 15.5. The molecule has 0 saturated heterocycles. The Kier molecular flexibility index (Phi) is 5.72. The molecule has 0 aromatic heterocycles. The van der Waals surface area contributed by atoms with Crippen LogP contribution < -0.4 is 0 Å². The SMILES string of the molecule is CCCCCCCCCC(=O)C1CC2CCC1C2. The van der Waals surface area contributed by atoms with Crippen molar-refractivity contribution in [3.05, 3.63) is 0 Å². The largest absolute Gasteiger partial charge is 0.299 e. The summed E-state index contributed by atoms with van der Waals surface area (Å²) < 4.78 is 0. The number of carbonyl (C=O) groups is 1. The fraction of sp³-hybridized carbons (Fsp3) is 0.941. The maximum atomic E-state index is 12.2. The van der Waals surface area contributed by atoms with Crippen LogP contribution in [0.2, 0.25) is 0 Å². The third kappa shape index (κ3) is 3.83. The maximum absolute atomic E-state index is 12.2. The number of Topliss-reactive ketones (excluding diaryl/α,β-unsaturated/α-hetero) is 1. The van der Waals surface area contributed by atoms with Crippen molar-refractivity contribution in [2.75, 3.05) is 0 Å². The number of rotatable bonds is 9. The maximum Gasteiger partial charge on any atom is 0.136 e. The first-order chi connectivity index (χ1) is 8.81. The summed E-state index contributed by atoms with van der Waals surface area (Å²) in [5, 5.41) is 0. The van der Waals surface area contributed by atoms with Crippen molar-refractivity contribution < 1.29 is 4.79 Å². The van der Waals surface area contributed by atoms with E-state index in [4.69, 9.17) is 0 Å². The fourth-order valence-electron chi connectivity index (χ4n) is 4.08. The molecule has 0 spiro atoms. The van der Waals surface area contributed by atoms with Crippen LogP contribution in [-0.4, -0.2) is 5.78 Å². The molecule has 104 valence electrons. The van der Waals surface area contributed by atoms with Gasteiger partial charge in [0.1, 0.15) is 5.78 Å². The van der Waals surface area contributed by atoms with Crippen LogP contribution in [0, 0.1) is 17.8 Å². The highest BCUT2D eigenvalue weighted by atomic mass is 16.1. The second kappa shape index (κ2) is 7.31. The van der Waals surface area contributed by atoms with Crippen LogP contribution in [0.25, 0.3) is 0 Å². The normalized spacial score (nSPS) is 29.9. The highest BCUT2D eigenvalue weighted by Gasteiger charge is 2.42. The van der Waals surface area contributed by atoms with Gasteiger partial charge in [-0.2, -0.15) is 0 Å². The van der Waals surface area contributed by atoms with E-state index in [-0.39, 0.29) is 0 Å². The third-order valence-electron chi connectivity index (χ3n) is 5.18. The first-order valence-electron chi connectivity index (χ1n) is 8.34. The van der Waals surface area contributed by atoms with E-state index in [0.29, 0.717) is 11.7 Å². The van der Waals surface area contributed by atoms with Crippen LogP contribution in [0.5, 0.6) is 0 Å². The number of hydrogen-bond acceptors (Lipinski definition) is 1. The lowest BCUT2D eigenvalue weighted by Crippen LogP contribution is -2.20. The van der Waals surface area contributed by atoms with Crippen molar-refractivity contribution in [1.29, 1.82) is 0 Å². The van der Waals surface area contributed by atoms with Crippen molar-refractivity contribution in [1.82, 2.24) is 0 Å². The number of hydrogen-bond donors (Lipinski definition) is 0. The van der Waals surface area contributed by atoms with E-state index in [1.54, 1.807) is 0 Å². The Morgan fingerprint density at radius 3 is 2.28 bits per heavy atom. The molecule has 2 bridgehead atoms. The molecule has 0 heterocycles. The molecule has 0 amide bonds. The molecule has 2 rings (SSSR count). The summed E-state index contributed by atoms with van der Waals surface area (Å²) in [5.74, 6) is 2.78. The zero-order chi connectivity index (χ0) is 12.8. The van der Waals surface area contributed by atoms with Gasteiger partial charge in [0, 0.05) is 12.3 Å². The van der Waals surface area contributed by atoms with Crippen molar-refractivity contribution in [3.8, 4) is 0 Å². The fourth-order valence-corrected chi connectivity index (χ4v) is 4.08. The Balaban J connectivity index is 1.50. The summed E-state index contributed by atoms with van der Waals surface area (Å²) in [5.41, 5.74) is 0. The van der Waals surface area contributed by atoms with Gasteiger partial charge in [-0.1, -0.05) is 51.9 Å². The van der Waals surface area contributed by atoms with Gasteiger partial charge in [0.15, 0.2) is 0 Å².